The summed E-state index contributed by atoms with van der Waals surface area (Å²) < 4.78 is 0. The largest absolute Gasteiger partial charge is 0.378 e. The second kappa shape index (κ2) is 6.33. The van der Waals surface area contributed by atoms with Crippen LogP contribution in [0.2, 0.25) is 5.02 Å². The molecule has 0 aromatic heterocycles. The maximum Gasteiger partial charge on any atom is 0.0533 e. The molecule has 0 fully saturated rings. The van der Waals surface area contributed by atoms with Crippen molar-refractivity contribution in [3.63, 3.8) is 0 Å². The summed E-state index contributed by atoms with van der Waals surface area (Å²) in [4.78, 5) is 2.63. The lowest BCUT2D eigenvalue weighted by Crippen LogP contribution is -2.16. The Hall–Kier alpha value is -0.770. The van der Waals surface area contributed by atoms with Crippen LogP contribution in [0.1, 0.15) is 18.0 Å². The van der Waals surface area contributed by atoms with Gasteiger partial charge in [-0.25, -0.2) is 0 Å². The lowest BCUT2D eigenvalue weighted by molar-refractivity contribution is 0.728. The van der Waals surface area contributed by atoms with E-state index < -0.39 is 0 Å². The Morgan fingerprint density at radius 2 is 2.15 bits per heavy atom. The third kappa shape index (κ3) is 3.11. The SMILES string of the molecule is CSc1cccc(NC2CCSc3ccc(Cl)cc32)c1. The highest BCUT2D eigenvalue weighted by Crippen LogP contribution is 2.39. The van der Waals surface area contributed by atoms with Crippen LogP contribution in [0.25, 0.3) is 0 Å². The second-order valence-electron chi connectivity index (χ2n) is 4.75. The molecule has 0 spiro atoms. The number of fused-ring (bicyclic) bond motifs is 1. The smallest absolute Gasteiger partial charge is 0.0533 e. The van der Waals surface area contributed by atoms with Crippen molar-refractivity contribution in [3.8, 4) is 0 Å². The number of hydrogen-bond acceptors (Lipinski definition) is 3. The predicted octanol–water partition coefficient (Wildman–Crippen LogP) is 5.71. The van der Waals surface area contributed by atoms with E-state index in [0.29, 0.717) is 6.04 Å². The summed E-state index contributed by atoms with van der Waals surface area (Å²) in [7, 11) is 0. The van der Waals surface area contributed by atoms with Gasteiger partial charge in [0.2, 0.25) is 0 Å². The quantitative estimate of drug-likeness (QED) is 0.727. The van der Waals surface area contributed by atoms with Gasteiger partial charge in [0, 0.05) is 26.3 Å². The lowest BCUT2D eigenvalue weighted by Gasteiger charge is -2.27. The Kier molecular flexibility index (Phi) is 4.49. The molecule has 0 amide bonds. The van der Waals surface area contributed by atoms with Crippen LogP contribution >= 0.6 is 35.1 Å². The summed E-state index contributed by atoms with van der Waals surface area (Å²) in [5.74, 6) is 1.15. The fourth-order valence-electron chi connectivity index (χ4n) is 2.43. The highest BCUT2D eigenvalue weighted by atomic mass is 35.5. The van der Waals surface area contributed by atoms with E-state index in [0.717, 1.165) is 17.2 Å². The molecular formula is C16H16ClNS2. The summed E-state index contributed by atoms with van der Waals surface area (Å²) in [6.45, 7) is 0. The number of hydrogen-bond donors (Lipinski definition) is 1. The van der Waals surface area contributed by atoms with Gasteiger partial charge in [0.15, 0.2) is 0 Å². The molecule has 2 aromatic carbocycles. The second-order valence-corrected chi connectivity index (χ2v) is 7.20. The molecule has 104 valence electrons. The van der Waals surface area contributed by atoms with E-state index in [1.807, 2.05) is 17.8 Å². The van der Waals surface area contributed by atoms with Crippen molar-refractivity contribution in [2.45, 2.75) is 22.3 Å². The molecule has 2 aromatic rings. The monoisotopic (exact) mass is 321 g/mol. The molecule has 1 nitrogen and oxygen atoms in total. The molecule has 20 heavy (non-hydrogen) atoms. The molecule has 1 atom stereocenters. The van der Waals surface area contributed by atoms with Crippen LogP contribution in [0.4, 0.5) is 5.69 Å². The van der Waals surface area contributed by atoms with Gasteiger partial charge in [-0.15, -0.1) is 23.5 Å². The van der Waals surface area contributed by atoms with E-state index in [9.17, 15) is 0 Å². The Balaban J connectivity index is 1.87. The topological polar surface area (TPSA) is 12.0 Å². The summed E-state index contributed by atoms with van der Waals surface area (Å²) in [6, 6.07) is 15.1. The lowest BCUT2D eigenvalue weighted by atomic mass is 10.0. The standard InChI is InChI=1S/C16H16ClNS2/c1-19-13-4-2-3-12(10-13)18-15-7-8-20-16-6-5-11(17)9-14(15)16/h2-6,9-10,15,18H,7-8H2,1H3. The van der Waals surface area contributed by atoms with Crippen molar-refractivity contribution < 1.29 is 0 Å². The van der Waals surface area contributed by atoms with Gasteiger partial charge in [-0.05, 0) is 54.6 Å². The average Bonchev–Trinajstić information content (AvgIpc) is 2.48. The summed E-state index contributed by atoms with van der Waals surface area (Å²) in [6.07, 6.45) is 3.23. The molecule has 0 saturated carbocycles. The third-order valence-corrected chi connectivity index (χ3v) is 5.51. The molecule has 0 saturated heterocycles. The van der Waals surface area contributed by atoms with Crippen LogP contribution in [0.3, 0.4) is 0 Å². The van der Waals surface area contributed by atoms with Crippen LogP contribution < -0.4 is 5.32 Å². The third-order valence-electron chi connectivity index (χ3n) is 3.42. The summed E-state index contributed by atoms with van der Waals surface area (Å²) >= 11 is 9.84. The van der Waals surface area contributed by atoms with Crippen molar-refractivity contribution in [1.29, 1.82) is 0 Å². The molecule has 1 unspecified atom stereocenters. The maximum absolute atomic E-state index is 6.15. The first-order valence-electron chi connectivity index (χ1n) is 6.59. The zero-order chi connectivity index (χ0) is 13.9. The minimum absolute atomic E-state index is 0.349. The Morgan fingerprint density at radius 3 is 3.00 bits per heavy atom. The number of nitrogens with one attached hydrogen (secondary N) is 1. The highest BCUT2D eigenvalue weighted by Gasteiger charge is 2.20. The van der Waals surface area contributed by atoms with E-state index in [-0.39, 0.29) is 0 Å². The molecule has 0 radical (unpaired) electrons. The van der Waals surface area contributed by atoms with Gasteiger partial charge >= 0.3 is 0 Å². The maximum atomic E-state index is 6.15. The van der Waals surface area contributed by atoms with Crippen LogP contribution in [-0.2, 0) is 0 Å². The average molecular weight is 322 g/mol. The molecule has 1 aliphatic heterocycles. The molecule has 3 rings (SSSR count). The highest BCUT2D eigenvalue weighted by molar-refractivity contribution is 7.99. The fraction of sp³-hybridized carbons (Fsp3) is 0.250. The van der Waals surface area contributed by atoms with Crippen LogP contribution in [0.5, 0.6) is 0 Å². The minimum atomic E-state index is 0.349. The number of thioether (sulfide) groups is 2. The summed E-state index contributed by atoms with van der Waals surface area (Å²) in [5, 5.41) is 4.47. The molecule has 1 N–H and O–H groups in total. The van der Waals surface area contributed by atoms with Gasteiger partial charge in [0.25, 0.3) is 0 Å². The minimum Gasteiger partial charge on any atom is -0.378 e. The molecular weight excluding hydrogens is 306 g/mol. The number of anilines is 1. The van der Waals surface area contributed by atoms with Gasteiger partial charge < -0.3 is 5.32 Å². The van der Waals surface area contributed by atoms with Crippen LogP contribution in [-0.4, -0.2) is 12.0 Å². The Bertz CT molecular complexity index is 615. The van der Waals surface area contributed by atoms with E-state index in [4.69, 9.17) is 11.6 Å². The van der Waals surface area contributed by atoms with Gasteiger partial charge in [-0.3, -0.25) is 0 Å². The molecule has 0 bridgehead atoms. The van der Waals surface area contributed by atoms with Crippen molar-refractivity contribution in [2.24, 2.45) is 0 Å². The molecule has 4 heteroatoms. The Morgan fingerprint density at radius 1 is 1.25 bits per heavy atom. The van der Waals surface area contributed by atoms with Crippen molar-refractivity contribution in [1.82, 2.24) is 0 Å². The van der Waals surface area contributed by atoms with Crippen molar-refractivity contribution in [2.75, 3.05) is 17.3 Å². The molecule has 0 aliphatic carbocycles. The number of benzene rings is 2. The van der Waals surface area contributed by atoms with E-state index in [1.165, 1.54) is 21.0 Å². The fourth-order valence-corrected chi connectivity index (χ4v) is 4.17. The van der Waals surface area contributed by atoms with Gasteiger partial charge in [-0.2, -0.15) is 0 Å². The number of halogens is 1. The summed E-state index contributed by atoms with van der Waals surface area (Å²) in [5.41, 5.74) is 2.50. The van der Waals surface area contributed by atoms with E-state index in [1.54, 1.807) is 11.8 Å². The first-order chi connectivity index (χ1) is 9.76. The zero-order valence-corrected chi connectivity index (χ0v) is 13.6. The molecule has 1 heterocycles. The predicted molar refractivity (Wildman–Crippen MR) is 91.4 cm³/mol. The van der Waals surface area contributed by atoms with Crippen molar-refractivity contribution >= 4 is 40.8 Å². The van der Waals surface area contributed by atoms with Crippen LogP contribution in [0, 0.1) is 0 Å². The zero-order valence-electron chi connectivity index (χ0n) is 11.2. The van der Waals surface area contributed by atoms with E-state index >= 15 is 0 Å². The van der Waals surface area contributed by atoms with Gasteiger partial charge in [0.05, 0.1) is 6.04 Å². The number of rotatable bonds is 3. The van der Waals surface area contributed by atoms with Crippen LogP contribution in [0.15, 0.2) is 52.3 Å². The van der Waals surface area contributed by atoms with E-state index in [2.05, 4.69) is 48.0 Å². The first-order valence-corrected chi connectivity index (χ1v) is 9.18. The normalized spacial score (nSPS) is 17.6. The van der Waals surface area contributed by atoms with Gasteiger partial charge in [0.1, 0.15) is 0 Å². The van der Waals surface area contributed by atoms with Crippen molar-refractivity contribution in [3.05, 3.63) is 53.1 Å². The Labute approximate surface area is 133 Å². The first kappa shape index (κ1) is 14.2. The molecule has 1 aliphatic rings. The van der Waals surface area contributed by atoms with Gasteiger partial charge in [-0.1, -0.05) is 17.7 Å².